The lowest BCUT2D eigenvalue weighted by Crippen LogP contribution is -2.22. The minimum absolute atomic E-state index is 0.0370. The normalized spacial score (nSPS) is 11.9. The van der Waals surface area contributed by atoms with Crippen LogP contribution in [0.4, 0.5) is 5.69 Å². The highest BCUT2D eigenvalue weighted by Crippen LogP contribution is 2.31. The number of nitrogens with one attached hydrogen (secondary N) is 1. The molecule has 0 aliphatic rings. The van der Waals surface area contributed by atoms with Crippen molar-refractivity contribution in [3.8, 4) is 11.5 Å². The number of ether oxygens (including phenoxy) is 2. The lowest BCUT2D eigenvalue weighted by molar-refractivity contribution is 0.354. The number of hydrogen-bond acceptors (Lipinski definition) is 5. The van der Waals surface area contributed by atoms with Crippen molar-refractivity contribution >= 4 is 21.6 Å². The standard InChI is InChI=1S/C15H18BrN3O3/c1-9(10-5-6-12(21-3)13(7-10)22-4)18-11-8-17-19(2)15(20)14(11)16/h5-9,18H,1-4H3. The number of nitrogens with zero attached hydrogens (tertiary/aromatic N) is 2. The van der Waals surface area contributed by atoms with Crippen molar-refractivity contribution in [1.82, 2.24) is 9.78 Å². The fourth-order valence-electron chi connectivity index (χ4n) is 2.05. The van der Waals surface area contributed by atoms with Crippen molar-refractivity contribution in [3.63, 3.8) is 0 Å². The molecule has 0 aliphatic carbocycles. The molecule has 0 fully saturated rings. The molecule has 6 nitrogen and oxygen atoms in total. The van der Waals surface area contributed by atoms with E-state index in [1.807, 2.05) is 25.1 Å². The third-order valence-electron chi connectivity index (χ3n) is 3.36. The van der Waals surface area contributed by atoms with Gasteiger partial charge in [-0.15, -0.1) is 0 Å². The minimum Gasteiger partial charge on any atom is -0.493 e. The smallest absolute Gasteiger partial charge is 0.282 e. The molecule has 2 rings (SSSR count). The Balaban J connectivity index is 2.28. The number of methoxy groups -OCH3 is 2. The number of benzene rings is 1. The zero-order valence-corrected chi connectivity index (χ0v) is 14.5. The van der Waals surface area contributed by atoms with Crippen LogP contribution in [0.5, 0.6) is 11.5 Å². The maximum Gasteiger partial charge on any atom is 0.282 e. The van der Waals surface area contributed by atoms with E-state index in [9.17, 15) is 4.79 Å². The molecule has 1 aromatic heterocycles. The molecular formula is C15H18BrN3O3. The predicted octanol–water partition coefficient (Wildman–Crippen LogP) is 2.73. The molecule has 1 N–H and O–H groups in total. The lowest BCUT2D eigenvalue weighted by Gasteiger charge is -2.18. The number of aromatic nitrogens is 2. The first-order chi connectivity index (χ1) is 10.5. The van der Waals surface area contributed by atoms with Crippen molar-refractivity contribution in [3.05, 3.63) is 44.8 Å². The van der Waals surface area contributed by atoms with Crippen molar-refractivity contribution in [2.24, 2.45) is 7.05 Å². The van der Waals surface area contributed by atoms with E-state index in [0.29, 0.717) is 21.7 Å². The second-order valence-electron chi connectivity index (χ2n) is 4.78. The monoisotopic (exact) mass is 367 g/mol. The Morgan fingerprint density at radius 1 is 1.27 bits per heavy atom. The number of anilines is 1. The van der Waals surface area contributed by atoms with Gasteiger partial charge in [0.2, 0.25) is 0 Å². The third kappa shape index (κ3) is 3.24. The summed E-state index contributed by atoms with van der Waals surface area (Å²) >= 11 is 3.30. The summed E-state index contributed by atoms with van der Waals surface area (Å²) < 4.78 is 12.3. The Morgan fingerprint density at radius 2 is 1.95 bits per heavy atom. The van der Waals surface area contributed by atoms with Gasteiger partial charge in [-0.25, -0.2) is 4.68 Å². The molecule has 1 aromatic carbocycles. The van der Waals surface area contributed by atoms with E-state index in [1.54, 1.807) is 27.5 Å². The maximum atomic E-state index is 11.9. The van der Waals surface area contributed by atoms with Gasteiger partial charge in [0.15, 0.2) is 11.5 Å². The molecule has 118 valence electrons. The molecule has 2 aromatic rings. The summed E-state index contributed by atoms with van der Waals surface area (Å²) in [7, 11) is 4.80. The van der Waals surface area contributed by atoms with Crippen LogP contribution in [0.2, 0.25) is 0 Å². The van der Waals surface area contributed by atoms with Gasteiger partial charge in [-0.1, -0.05) is 6.07 Å². The average molecular weight is 368 g/mol. The second-order valence-corrected chi connectivity index (χ2v) is 5.57. The van der Waals surface area contributed by atoms with Crippen LogP contribution >= 0.6 is 15.9 Å². The Labute approximate surface area is 137 Å². The van der Waals surface area contributed by atoms with E-state index in [4.69, 9.17) is 9.47 Å². The predicted molar refractivity (Wildman–Crippen MR) is 88.8 cm³/mol. The molecule has 7 heteroatoms. The van der Waals surface area contributed by atoms with Crippen molar-refractivity contribution in [2.45, 2.75) is 13.0 Å². The molecule has 0 radical (unpaired) electrons. The molecule has 1 unspecified atom stereocenters. The van der Waals surface area contributed by atoms with Crippen LogP contribution in [-0.4, -0.2) is 24.0 Å². The van der Waals surface area contributed by atoms with Crippen LogP contribution in [0.15, 0.2) is 33.7 Å². The van der Waals surface area contributed by atoms with Gasteiger partial charge in [0, 0.05) is 13.1 Å². The molecule has 0 saturated carbocycles. The summed E-state index contributed by atoms with van der Waals surface area (Å²) in [6.45, 7) is 1.99. The summed E-state index contributed by atoms with van der Waals surface area (Å²) in [5, 5.41) is 7.28. The van der Waals surface area contributed by atoms with Gasteiger partial charge in [0.1, 0.15) is 4.47 Å². The van der Waals surface area contributed by atoms with Gasteiger partial charge in [-0.2, -0.15) is 5.10 Å². The van der Waals surface area contributed by atoms with E-state index in [0.717, 1.165) is 5.56 Å². The number of rotatable bonds is 5. The third-order valence-corrected chi connectivity index (χ3v) is 4.12. The molecule has 0 bridgehead atoms. The summed E-state index contributed by atoms with van der Waals surface area (Å²) in [4.78, 5) is 11.9. The second kappa shape index (κ2) is 6.83. The lowest BCUT2D eigenvalue weighted by atomic mass is 10.1. The van der Waals surface area contributed by atoms with E-state index in [2.05, 4.69) is 26.3 Å². The summed E-state index contributed by atoms with van der Waals surface area (Å²) in [5.41, 5.74) is 1.46. The molecule has 22 heavy (non-hydrogen) atoms. The molecule has 0 spiro atoms. The van der Waals surface area contributed by atoms with Gasteiger partial charge in [-0.3, -0.25) is 4.79 Å². The van der Waals surface area contributed by atoms with E-state index < -0.39 is 0 Å². The molecule has 0 aliphatic heterocycles. The van der Waals surface area contributed by atoms with Crippen LogP contribution in [0.25, 0.3) is 0 Å². The van der Waals surface area contributed by atoms with E-state index in [1.165, 1.54) is 4.68 Å². The highest BCUT2D eigenvalue weighted by atomic mass is 79.9. The summed E-state index contributed by atoms with van der Waals surface area (Å²) in [5.74, 6) is 1.34. The van der Waals surface area contributed by atoms with E-state index >= 15 is 0 Å². The first-order valence-corrected chi connectivity index (χ1v) is 7.47. The van der Waals surface area contributed by atoms with Crippen molar-refractivity contribution in [1.29, 1.82) is 0 Å². The largest absolute Gasteiger partial charge is 0.493 e. The highest BCUT2D eigenvalue weighted by molar-refractivity contribution is 9.10. The Hall–Kier alpha value is -2.02. The zero-order valence-electron chi connectivity index (χ0n) is 12.9. The van der Waals surface area contributed by atoms with Gasteiger partial charge >= 0.3 is 0 Å². The molecule has 0 saturated heterocycles. The van der Waals surface area contributed by atoms with Crippen LogP contribution in [-0.2, 0) is 7.05 Å². The van der Waals surface area contributed by atoms with Crippen molar-refractivity contribution in [2.75, 3.05) is 19.5 Å². The first-order valence-electron chi connectivity index (χ1n) is 6.68. The average Bonchev–Trinajstić information content (AvgIpc) is 2.54. The maximum absolute atomic E-state index is 11.9. The zero-order chi connectivity index (χ0) is 16.3. The number of hydrogen-bond donors (Lipinski definition) is 1. The fraction of sp³-hybridized carbons (Fsp3) is 0.333. The number of halogens is 1. The van der Waals surface area contributed by atoms with Gasteiger partial charge in [-0.05, 0) is 40.5 Å². The number of aryl methyl sites for hydroxylation is 1. The Bertz CT molecular complexity index is 730. The fourth-order valence-corrected chi connectivity index (χ4v) is 2.52. The molecule has 0 amide bonds. The topological polar surface area (TPSA) is 65.4 Å². The van der Waals surface area contributed by atoms with Crippen LogP contribution < -0.4 is 20.3 Å². The van der Waals surface area contributed by atoms with Crippen LogP contribution in [0.1, 0.15) is 18.5 Å². The summed E-state index contributed by atoms with van der Waals surface area (Å²) in [6, 6.07) is 5.66. The van der Waals surface area contributed by atoms with Crippen molar-refractivity contribution < 1.29 is 9.47 Å². The van der Waals surface area contributed by atoms with Crippen LogP contribution in [0, 0.1) is 0 Å². The van der Waals surface area contributed by atoms with Gasteiger partial charge in [0.05, 0.1) is 26.1 Å². The minimum atomic E-state index is -0.190. The van der Waals surface area contributed by atoms with E-state index in [-0.39, 0.29) is 11.6 Å². The molecular weight excluding hydrogens is 350 g/mol. The van der Waals surface area contributed by atoms with Gasteiger partial charge in [0.25, 0.3) is 5.56 Å². The van der Waals surface area contributed by atoms with Crippen LogP contribution in [0.3, 0.4) is 0 Å². The molecule has 1 atom stereocenters. The quantitative estimate of drug-likeness (QED) is 0.879. The highest BCUT2D eigenvalue weighted by Gasteiger charge is 2.13. The van der Waals surface area contributed by atoms with Gasteiger partial charge < -0.3 is 14.8 Å². The summed E-state index contributed by atoms with van der Waals surface area (Å²) in [6.07, 6.45) is 1.61. The Kier molecular flexibility index (Phi) is 5.07. The SMILES string of the molecule is COc1ccc(C(C)Nc2cnn(C)c(=O)c2Br)cc1OC. The molecule has 1 heterocycles. The first kappa shape index (κ1) is 16.4. The Morgan fingerprint density at radius 3 is 2.59 bits per heavy atom.